The van der Waals surface area contributed by atoms with Gasteiger partial charge in [0.15, 0.2) is 0 Å². The average molecular weight is 279 g/mol. The van der Waals surface area contributed by atoms with Gasteiger partial charge in [-0.3, -0.25) is 0 Å². The van der Waals surface area contributed by atoms with Crippen LogP contribution < -0.4 is 4.74 Å². The summed E-state index contributed by atoms with van der Waals surface area (Å²) in [6.45, 7) is 0. The Kier molecular flexibility index (Phi) is 3.63. The number of ether oxygens (including phenoxy) is 1. The molecule has 0 heterocycles. The minimum absolute atomic E-state index is 0.162. The molecule has 0 aliphatic heterocycles. The van der Waals surface area contributed by atoms with Crippen LogP contribution in [0.25, 0.3) is 0 Å². The van der Waals surface area contributed by atoms with Crippen molar-refractivity contribution in [2.24, 2.45) is 0 Å². The minimum atomic E-state index is -4.89. The summed E-state index contributed by atoms with van der Waals surface area (Å²) in [6, 6.07) is 5.33. The summed E-state index contributed by atoms with van der Waals surface area (Å²) >= 11 is 15.5. The SMILES string of the molecule is FC(F)(F)C(Cl)(Cl)Oc1cccc(Cl)c1. The van der Waals surface area contributed by atoms with Crippen LogP contribution in [0.3, 0.4) is 0 Å². The molecule has 0 spiro atoms. The van der Waals surface area contributed by atoms with Gasteiger partial charge < -0.3 is 4.74 Å². The lowest BCUT2D eigenvalue weighted by Crippen LogP contribution is -2.39. The van der Waals surface area contributed by atoms with E-state index in [9.17, 15) is 13.2 Å². The van der Waals surface area contributed by atoms with E-state index in [0.29, 0.717) is 0 Å². The number of rotatable bonds is 2. The molecule has 0 aliphatic carbocycles. The highest BCUT2D eigenvalue weighted by molar-refractivity contribution is 6.48. The molecule has 1 aromatic rings. The van der Waals surface area contributed by atoms with Gasteiger partial charge in [-0.2, -0.15) is 13.2 Å². The van der Waals surface area contributed by atoms with Gasteiger partial charge in [-0.05, 0) is 41.4 Å². The first-order chi connectivity index (χ1) is 6.72. The highest BCUT2D eigenvalue weighted by Gasteiger charge is 2.55. The van der Waals surface area contributed by atoms with Gasteiger partial charge in [0.1, 0.15) is 5.75 Å². The third kappa shape index (κ3) is 3.33. The van der Waals surface area contributed by atoms with E-state index in [1.54, 1.807) is 0 Å². The van der Waals surface area contributed by atoms with E-state index in [0.717, 1.165) is 0 Å². The fraction of sp³-hybridized carbons (Fsp3) is 0.250. The number of halogens is 6. The van der Waals surface area contributed by atoms with Crippen molar-refractivity contribution in [3.63, 3.8) is 0 Å². The molecule has 0 N–H and O–H groups in total. The minimum Gasteiger partial charge on any atom is -0.450 e. The molecule has 0 radical (unpaired) electrons. The predicted octanol–water partition coefficient (Wildman–Crippen LogP) is 4.41. The first-order valence-corrected chi connectivity index (χ1v) is 4.75. The maximum Gasteiger partial charge on any atom is 0.459 e. The smallest absolute Gasteiger partial charge is 0.450 e. The van der Waals surface area contributed by atoms with Crippen molar-refractivity contribution in [3.05, 3.63) is 29.3 Å². The molecular formula is C8H4Cl3F3O. The van der Waals surface area contributed by atoms with E-state index in [4.69, 9.17) is 34.8 Å². The Morgan fingerprint density at radius 3 is 2.20 bits per heavy atom. The molecule has 0 bridgehead atoms. The van der Waals surface area contributed by atoms with Crippen LogP contribution in [0.2, 0.25) is 5.02 Å². The van der Waals surface area contributed by atoms with E-state index < -0.39 is 10.7 Å². The second kappa shape index (κ2) is 4.28. The molecule has 0 fully saturated rings. The van der Waals surface area contributed by atoms with E-state index >= 15 is 0 Å². The highest BCUT2D eigenvalue weighted by Crippen LogP contribution is 2.41. The van der Waals surface area contributed by atoms with Crippen LogP contribution in [0.1, 0.15) is 0 Å². The Morgan fingerprint density at radius 2 is 1.73 bits per heavy atom. The van der Waals surface area contributed by atoms with E-state index in [1.807, 2.05) is 0 Å². The van der Waals surface area contributed by atoms with Gasteiger partial charge in [-0.25, -0.2) is 0 Å². The van der Waals surface area contributed by atoms with Gasteiger partial charge in [-0.1, -0.05) is 17.7 Å². The normalized spacial score (nSPS) is 12.7. The lowest BCUT2D eigenvalue weighted by molar-refractivity contribution is -0.185. The lowest BCUT2D eigenvalue weighted by Gasteiger charge is -2.23. The zero-order valence-electron chi connectivity index (χ0n) is 6.99. The van der Waals surface area contributed by atoms with Crippen molar-refractivity contribution in [2.45, 2.75) is 10.7 Å². The Hall–Kier alpha value is -0.320. The molecule has 0 amide bonds. The highest BCUT2D eigenvalue weighted by atomic mass is 35.5. The summed E-state index contributed by atoms with van der Waals surface area (Å²) in [7, 11) is 0. The van der Waals surface area contributed by atoms with Gasteiger partial charge in [0.25, 0.3) is 0 Å². The Balaban J connectivity index is 2.87. The average Bonchev–Trinajstić information content (AvgIpc) is 2.00. The van der Waals surface area contributed by atoms with Gasteiger partial charge >= 0.3 is 10.7 Å². The fourth-order valence-electron chi connectivity index (χ4n) is 0.736. The fourth-order valence-corrected chi connectivity index (χ4v) is 1.09. The van der Waals surface area contributed by atoms with Gasteiger partial charge in [0, 0.05) is 5.02 Å². The summed E-state index contributed by atoms with van der Waals surface area (Å²) in [6.07, 6.45) is -4.89. The molecule has 15 heavy (non-hydrogen) atoms. The third-order valence-electron chi connectivity index (χ3n) is 1.37. The Bertz CT molecular complexity index is 351. The number of hydrogen-bond acceptors (Lipinski definition) is 1. The zero-order valence-corrected chi connectivity index (χ0v) is 9.25. The standard InChI is InChI=1S/C8H4Cl3F3O/c9-5-2-1-3-6(4-5)15-7(10,11)8(12,13)14/h1-4H. The van der Waals surface area contributed by atoms with Crippen molar-refractivity contribution in [1.82, 2.24) is 0 Å². The molecule has 84 valence electrons. The van der Waals surface area contributed by atoms with Crippen LogP contribution in [-0.2, 0) is 0 Å². The predicted molar refractivity (Wildman–Crippen MR) is 52.6 cm³/mol. The van der Waals surface area contributed by atoms with Gasteiger partial charge in [0.05, 0.1) is 0 Å². The van der Waals surface area contributed by atoms with Crippen LogP contribution in [0.5, 0.6) is 5.75 Å². The Morgan fingerprint density at radius 1 is 1.13 bits per heavy atom. The molecule has 1 nitrogen and oxygen atoms in total. The molecule has 0 atom stereocenters. The number of hydrogen-bond donors (Lipinski definition) is 0. The maximum absolute atomic E-state index is 12.2. The molecule has 7 heteroatoms. The topological polar surface area (TPSA) is 9.23 Å². The van der Waals surface area contributed by atoms with Crippen molar-refractivity contribution in [2.75, 3.05) is 0 Å². The van der Waals surface area contributed by atoms with Crippen molar-refractivity contribution in [3.8, 4) is 5.75 Å². The summed E-state index contributed by atoms with van der Waals surface area (Å²) in [5.74, 6) is -0.162. The third-order valence-corrected chi connectivity index (χ3v) is 2.19. The van der Waals surface area contributed by atoms with Gasteiger partial charge in [-0.15, -0.1) is 0 Å². The summed E-state index contributed by atoms with van der Waals surface area (Å²) in [4.78, 5) is 0. The maximum atomic E-state index is 12.2. The quantitative estimate of drug-likeness (QED) is 0.729. The molecule has 1 rings (SSSR count). The molecule has 0 aromatic heterocycles. The summed E-state index contributed by atoms with van der Waals surface area (Å²) in [5, 5.41) is 0.221. The lowest BCUT2D eigenvalue weighted by atomic mass is 10.3. The number of benzene rings is 1. The summed E-state index contributed by atoms with van der Waals surface area (Å²) in [5.41, 5.74) is 0. The molecule has 1 aromatic carbocycles. The molecule has 0 unspecified atom stereocenters. The van der Waals surface area contributed by atoms with E-state index in [1.165, 1.54) is 24.3 Å². The van der Waals surface area contributed by atoms with Crippen molar-refractivity contribution in [1.29, 1.82) is 0 Å². The van der Waals surface area contributed by atoms with Crippen molar-refractivity contribution < 1.29 is 17.9 Å². The molecule has 0 aliphatic rings. The molecule has 0 saturated carbocycles. The van der Waals surface area contributed by atoms with E-state index in [2.05, 4.69) is 4.74 Å². The number of alkyl halides is 5. The second-order valence-corrected chi connectivity index (χ2v) is 4.27. The van der Waals surface area contributed by atoms with Crippen LogP contribution in [0.4, 0.5) is 13.2 Å². The first kappa shape index (κ1) is 12.7. The van der Waals surface area contributed by atoms with Crippen LogP contribution in [0.15, 0.2) is 24.3 Å². The van der Waals surface area contributed by atoms with E-state index in [-0.39, 0.29) is 10.8 Å². The largest absolute Gasteiger partial charge is 0.459 e. The van der Waals surface area contributed by atoms with Crippen LogP contribution in [-0.4, -0.2) is 10.7 Å². The Labute approximate surface area is 98.7 Å². The first-order valence-electron chi connectivity index (χ1n) is 3.61. The van der Waals surface area contributed by atoms with Crippen LogP contribution in [0, 0.1) is 0 Å². The van der Waals surface area contributed by atoms with Gasteiger partial charge in [0.2, 0.25) is 0 Å². The zero-order chi connectivity index (χ0) is 11.7. The monoisotopic (exact) mass is 278 g/mol. The summed E-state index contributed by atoms with van der Waals surface area (Å²) < 4.78 is 37.7. The van der Waals surface area contributed by atoms with Crippen LogP contribution >= 0.6 is 34.8 Å². The van der Waals surface area contributed by atoms with Crippen molar-refractivity contribution >= 4 is 34.8 Å². The molecular weight excluding hydrogens is 275 g/mol. The second-order valence-electron chi connectivity index (χ2n) is 2.57. The molecule has 0 saturated heterocycles.